The van der Waals surface area contributed by atoms with E-state index in [0.717, 1.165) is 63.8 Å². The maximum atomic E-state index is 11.5. The van der Waals surface area contributed by atoms with E-state index in [2.05, 4.69) is 34.4 Å². The zero-order valence-corrected chi connectivity index (χ0v) is 21.0. The molecular formula is C20H36IN5O2S. The molecule has 7 nitrogen and oxygen atoms in total. The topological polar surface area (TPSA) is 77.0 Å². The van der Waals surface area contributed by atoms with Crippen LogP contribution < -0.4 is 10.6 Å². The van der Waals surface area contributed by atoms with Crippen molar-refractivity contribution in [1.82, 2.24) is 20.4 Å². The number of rotatable bonds is 8. The van der Waals surface area contributed by atoms with Crippen LogP contribution in [0.2, 0.25) is 0 Å². The van der Waals surface area contributed by atoms with Gasteiger partial charge in [0.25, 0.3) is 0 Å². The van der Waals surface area contributed by atoms with E-state index in [9.17, 15) is 8.42 Å². The SMILES string of the molecule is CCNC(=NCCN1CCCN(C)CC1)NCCc1ccc(S(C)(=O)=O)cc1.I. The van der Waals surface area contributed by atoms with Gasteiger partial charge in [-0.3, -0.25) is 4.99 Å². The molecule has 1 aromatic carbocycles. The maximum absolute atomic E-state index is 11.5. The first-order chi connectivity index (χ1) is 13.4. The Morgan fingerprint density at radius 3 is 2.48 bits per heavy atom. The highest BCUT2D eigenvalue weighted by atomic mass is 127. The van der Waals surface area contributed by atoms with Crippen LogP contribution in [0.15, 0.2) is 34.2 Å². The lowest BCUT2D eigenvalue weighted by Gasteiger charge is -2.19. The largest absolute Gasteiger partial charge is 0.357 e. The predicted octanol–water partition coefficient (Wildman–Crippen LogP) is 1.44. The number of benzene rings is 1. The summed E-state index contributed by atoms with van der Waals surface area (Å²) in [6.45, 7) is 9.95. The minimum Gasteiger partial charge on any atom is -0.357 e. The van der Waals surface area contributed by atoms with Gasteiger partial charge in [0.2, 0.25) is 0 Å². The number of likely N-dealkylation sites (N-methyl/N-ethyl adjacent to an activating group) is 1. The Kier molecular flexibility index (Phi) is 12.1. The van der Waals surface area contributed by atoms with Gasteiger partial charge in [-0.15, -0.1) is 24.0 Å². The Morgan fingerprint density at radius 2 is 1.83 bits per heavy atom. The van der Waals surface area contributed by atoms with Crippen molar-refractivity contribution < 1.29 is 8.42 Å². The van der Waals surface area contributed by atoms with Gasteiger partial charge in [-0.1, -0.05) is 12.1 Å². The monoisotopic (exact) mass is 537 g/mol. The predicted molar refractivity (Wildman–Crippen MR) is 131 cm³/mol. The molecule has 0 atom stereocenters. The molecule has 0 amide bonds. The van der Waals surface area contributed by atoms with Gasteiger partial charge in [-0.2, -0.15) is 0 Å². The van der Waals surface area contributed by atoms with Crippen molar-refractivity contribution in [2.45, 2.75) is 24.7 Å². The van der Waals surface area contributed by atoms with Crippen molar-refractivity contribution in [2.24, 2.45) is 4.99 Å². The van der Waals surface area contributed by atoms with Crippen LogP contribution in [0.4, 0.5) is 0 Å². The van der Waals surface area contributed by atoms with Crippen LogP contribution in [0.1, 0.15) is 18.9 Å². The fourth-order valence-electron chi connectivity index (χ4n) is 3.20. The van der Waals surface area contributed by atoms with E-state index in [1.165, 1.54) is 19.2 Å². The number of sulfone groups is 1. The highest BCUT2D eigenvalue weighted by molar-refractivity contribution is 14.0. The van der Waals surface area contributed by atoms with E-state index in [1.807, 2.05) is 12.1 Å². The van der Waals surface area contributed by atoms with E-state index in [0.29, 0.717) is 4.90 Å². The first kappa shape index (κ1) is 26.1. The van der Waals surface area contributed by atoms with Crippen LogP contribution in [-0.4, -0.2) is 89.8 Å². The van der Waals surface area contributed by atoms with E-state index in [-0.39, 0.29) is 24.0 Å². The molecule has 0 aliphatic carbocycles. The summed E-state index contributed by atoms with van der Waals surface area (Å²) in [5, 5.41) is 6.65. The van der Waals surface area contributed by atoms with E-state index in [4.69, 9.17) is 4.99 Å². The van der Waals surface area contributed by atoms with E-state index < -0.39 is 9.84 Å². The zero-order valence-electron chi connectivity index (χ0n) is 17.9. The van der Waals surface area contributed by atoms with Crippen LogP contribution in [0.5, 0.6) is 0 Å². The molecule has 1 fully saturated rings. The van der Waals surface area contributed by atoms with Gasteiger partial charge in [0, 0.05) is 39.0 Å². The quantitative estimate of drug-likeness (QED) is 0.297. The molecule has 166 valence electrons. The van der Waals surface area contributed by atoms with Gasteiger partial charge in [-0.05, 0) is 57.6 Å². The number of nitrogens with zero attached hydrogens (tertiary/aromatic N) is 3. The summed E-state index contributed by atoms with van der Waals surface area (Å²) in [5.41, 5.74) is 1.10. The molecule has 0 bridgehead atoms. The van der Waals surface area contributed by atoms with Crippen molar-refractivity contribution >= 4 is 39.8 Å². The molecule has 0 unspecified atom stereocenters. The van der Waals surface area contributed by atoms with Crippen LogP contribution in [-0.2, 0) is 16.3 Å². The van der Waals surface area contributed by atoms with Gasteiger partial charge in [-0.25, -0.2) is 8.42 Å². The van der Waals surface area contributed by atoms with E-state index >= 15 is 0 Å². The molecule has 2 rings (SSSR count). The van der Waals surface area contributed by atoms with Crippen molar-refractivity contribution in [2.75, 3.05) is 65.7 Å². The van der Waals surface area contributed by atoms with Gasteiger partial charge >= 0.3 is 0 Å². The lowest BCUT2D eigenvalue weighted by molar-refractivity contribution is 0.283. The molecule has 1 aliphatic heterocycles. The second kappa shape index (κ2) is 13.4. The smallest absolute Gasteiger partial charge is 0.191 e. The lowest BCUT2D eigenvalue weighted by Crippen LogP contribution is -2.39. The lowest BCUT2D eigenvalue weighted by atomic mass is 10.1. The van der Waals surface area contributed by atoms with Crippen LogP contribution >= 0.6 is 24.0 Å². The van der Waals surface area contributed by atoms with Crippen molar-refractivity contribution in [3.63, 3.8) is 0 Å². The summed E-state index contributed by atoms with van der Waals surface area (Å²) in [5.74, 6) is 0.835. The van der Waals surface area contributed by atoms with Crippen LogP contribution in [0.25, 0.3) is 0 Å². The fourth-order valence-corrected chi connectivity index (χ4v) is 3.83. The molecule has 0 spiro atoms. The van der Waals surface area contributed by atoms with Crippen molar-refractivity contribution in [3.8, 4) is 0 Å². The van der Waals surface area contributed by atoms with Gasteiger partial charge in [0.1, 0.15) is 0 Å². The van der Waals surface area contributed by atoms with E-state index in [1.54, 1.807) is 12.1 Å². The number of halogens is 1. The first-order valence-corrected chi connectivity index (χ1v) is 12.0. The summed E-state index contributed by atoms with van der Waals surface area (Å²) >= 11 is 0. The number of hydrogen-bond donors (Lipinski definition) is 2. The zero-order chi connectivity index (χ0) is 20.4. The van der Waals surface area contributed by atoms with Crippen molar-refractivity contribution in [3.05, 3.63) is 29.8 Å². The summed E-state index contributed by atoms with van der Waals surface area (Å²) in [6, 6.07) is 7.09. The Balaban J connectivity index is 0.00000420. The summed E-state index contributed by atoms with van der Waals surface area (Å²) in [6.07, 6.45) is 3.26. The average Bonchev–Trinajstić information content (AvgIpc) is 2.86. The van der Waals surface area contributed by atoms with Crippen LogP contribution in [0, 0.1) is 0 Å². The highest BCUT2D eigenvalue weighted by Gasteiger charge is 2.11. The number of aliphatic imine (C=N–C) groups is 1. The Labute approximate surface area is 193 Å². The molecule has 1 heterocycles. The average molecular weight is 538 g/mol. The second-order valence-electron chi connectivity index (χ2n) is 7.35. The van der Waals surface area contributed by atoms with Crippen LogP contribution in [0.3, 0.4) is 0 Å². The Bertz CT molecular complexity index is 725. The fraction of sp³-hybridized carbons (Fsp3) is 0.650. The second-order valence-corrected chi connectivity index (χ2v) is 9.37. The van der Waals surface area contributed by atoms with Gasteiger partial charge in [0.05, 0.1) is 11.4 Å². The molecule has 1 aliphatic rings. The normalized spacial score (nSPS) is 16.7. The molecule has 0 aromatic heterocycles. The molecule has 0 saturated carbocycles. The minimum atomic E-state index is -3.14. The summed E-state index contributed by atoms with van der Waals surface area (Å²) in [4.78, 5) is 9.93. The van der Waals surface area contributed by atoms with Gasteiger partial charge in [0.15, 0.2) is 15.8 Å². The third-order valence-electron chi connectivity index (χ3n) is 4.90. The molecule has 1 saturated heterocycles. The number of guanidine groups is 1. The molecular weight excluding hydrogens is 501 g/mol. The molecule has 0 radical (unpaired) electrons. The summed E-state index contributed by atoms with van der Waals surface area (Å²) in [7, 11) is -0.953. The third kappa shape index (κ3) is 10.1. The molecule has 9 heteroatoms. The first-order valence-electron chi connectivity index (χ1n) is 10.1. The standard InChI is InChI=1S/C20H35N5O2S.HI/c1-4-21-20(23-12-15-25-14-5-13-24(2)16-17-25)22-11-10-18-6-8-19(9-7-18)28(3,26)27;/h6-9H,4-5,10-17H2,1-3H3,(H2,21,22,23);1H. The number of hydrogen-bond acceptors (Lipinski definition) is 5. The Hall–Kier alpha value is -0.910. The molecule has 2 N–H and O–H groups in total. The van der Waals surface area contributed by atoms with Gasteiger partial charge < -0.3 is 20.4 Å². The minimum absolute atomic E-state index is 0. The Morgan fingerprint density at radius 1 is 1.10 bits per heavy atom. The van der Waals surface area contributed by atoms with Crippen molar-refractivity contribution in [1.29, 1.82) is 0 Å². The molecule has 1 aromatic rings. The number of nitrogens with one attached hydrogen (secondary N) is 2. The summed E-state index contributed by atoms with van der Waals surface area (Å²) < 4.78 is 23.1. The maximum Gasteiger partial charge on any atom is 0.191 e. The highest BCUT2D eigenvalue weighted by Crippen LogP contribution is 2.10. The molecule has 29 heavy (non-hydrogen) atoms. The third-order valence-corrected chi connectivity index (χ3v) is 6.03.